The standard InChI is InChI=1S/C13H16BrClN4/c1-3-6-19-12(8-17-18-19)13(16-2)9-4-5-11(15)10(14)7-9/h4-5,7-8,13,16H,3,6H2,1-2H3. The molecule has 0 radical (unpaired) electrons. The van der Waals surface area contributed by atoms with Crippen molar-refractivity contribution in [2.24, 2.45) is 0 Å². The second-order valence-electron chi connectivity index (χ2n) is 4.28. The molecule has 2 aromatic rings. The summed E-state index contributed by atoms with van der Waals surface area (Å²) in [4.78, 5) is 0. The quantitative estimate of drug-likeness (QED) is 0.904. The molecule has 19 heavy (non-hydrogen) atoms. The highest BCUT2D eigenvalue weighted by molar-refractivity contribution is 9.10. The van der Waals surface area contributed by atoms with Crippen molar-refractivity contribution in [1.82, 2.24) is 20.3 Å². The summed E-state index contributed by atoms with van der Waals surface area (Å²) in [5.74, 6) is 0. The first kappa shape index (κ1) is 14.5. The average molecular weight is 344 g/mol. The minimum absolute atomic E-state index is 0.0510. The number of nitrogens with one attached hydrogen (secondary N) is 1. The molecule has 4 nitrogen and oxygen atoms in total. The first-order valence-corrected chi connectivity index (χ1v) is 7.35. The first-order chi connectivity index (χ1) is 9.17. The van der Waals surface area contributed by atoms with E-state index in [-0.39, 0.29) is 6.04 Å². The van der Waals surface area contributed by atoms with Gasteiger partial charge < -0.3 is 5.32 Å². The van der Waals surface area contributed by atoms with E-state index in [0.29, 0.717) is 5.02 Å². The lowest BCUT2D eigenvalue weighted by molar-refractivity contribution is 0.523. The average Bonchev–Trinajstić information content (AvgIpc) is 2.83. The van der Waals surface area contributed by atoms with Crippen molar-refractivity contribution in [3.63, 3.8) is 0 Å². The van der Waals surface area contributed by atoms with E-state index in [1.54, 1.807) is 6.20 Å². The van der Waals surface area contributed by atoms with Crippen molar-refractivity contribution < 1.29 is 0 Å². The van der Waals surface area contributed by atoms with Gasteiger partial charge in [-0.25, -0.2) is 4.68 Å². The summed E-state index contributed by atoms with van der Waals surface area (Å²) >= 11 is 9.50. The molecule has 0 saturated heterocycles. The molecule has 1 unspecified atom stereocenters. The van der Waals surface area contributed by atoms with E-state index in [2.05, 4.69) is 38.5 Å². The molecule has 0 aliphatic heterocycles. The van der Waals surface area contributed by atoms with Crippen molar-refractivity contribution in [2.45, 2.75) is 25.9 Å². The Labute approximate surface area is 126 Å². The second kappa shape index (κ2) is 6.50. The van der Waals surface area contributed by atoms with Gasteiger partial charge >= 0.3 is 0 Å². The van der Waals surface area contributed by atoms with Crippen LogP contribution >= 0.6 is 27.5 Å². The summed E-state index contributed by atoms with van der Waals surface area (Å²) in [6.07, 6.45) is 2.83. The van der Waals surface area contributed by atoms with E-state index in [4.69, 9.17) is 11.6 Å². The third-order valence-electron chi connectivity index (χ3n) is 2.94. The van der Waals surface area contributed by atoms with Gasteiger partial charge in [0, 0.05) is 11.0 Å². The normalized spacial score (nSPS) is 12.6. The van der Waals surface area contributed by atoms with Gasteiger partial charge in [0.05, 0.1) is 23.0 Å². The lowest BCUT2D eigenvalue weighted by atomic mass is 10.0. The molecule has 0 aliphatic carbocycles. The van der Waals surface area contributed by atoms with Crippen molar-refractivity contribution in [1.29, 1.82) is 0 Å². The highest BCUT2D eigenvalue weighted by Crippen LogP contribution is 2.28. The molecule has 0 amide bonds. The van der Waals surface area contributed by atoms with Gasteiger partial charge in [0.1, 0.15) is 0 Å². The Kier molecular flexibility index (Phi) is 4.96. The van der Waals surface area contributed by atoms with E-state index in [1.807, 2.05) is 29.9 Å². The number of nitrogens with zero attached hydrogens (tertiary/aromatic N) is 3. The van der Waals surface area contributed by atoms with Crippen molar-refractivity contribution in [2.75, 3.05) is 7.05 Å². The van der Waals surface area contributed by atoms with Crippen LogP contribution in [0.25, 0.3) is 0 Å². The van der Waals surface area contributed by atoms with Crippen molar-refractivity contribution in [3.8, 4) is 0 Å². The Morgan fingerprint density at radius 2 is 2.26 bits per heavy atom. The van der Waals surface area contributed by atoms with Gasteiger partial charge in [0.25, 0.3) is 0 Å². The zero-order chi connectivity index (χ0) is 13.8. The van der Waals surface area contributed by atoms with Gasteiger partial charge in [0.15, 0.2) is 0 Å². The number of aryl methyl sites for hydroxylation is 1. The van der Waals surface area contributed by atoms with Gasteiger partial charge in [-0.2, -0.15) is 0 Å². The summed E-state index contributed by atoms with van der Waals surface area (Å²) in [7, 11) is 1.93. The zero-order valence-electron chi connectivity index (χ0n) is 10.9. The van der Waals surface area contributed by atoms with Crippen LogP contribution in [0, 0.1) is 0 Å². The van der Waals surface area contributed by atoms with Crippen LogP contribution in [0.2, 0.25) is 5.02 Å². The van der Waals surface area contributed by atoms with Crippen LogP contribution in [0.3, 0.4) is 0 Å². The SMILES string of the molecule is CCCn1nncc1C(NC)c1ccc(Cl)c(Br)c1. The maximum absolute atomic E-state index is 6.04. The van der Waals surface area contributed by atoms with Crippen LogP contribution in [0.5, 0.6) is 0 Å². The number of halogens is 2. The topological polar surface area (TPSA) is 42.7 Å². The molecule has 1 atom stereocenters. The van der Waals surface area contributed by atoms with Crippen LogP contribution in [-0.2, 0) is 6.54 Å². The van der Waals surface area contributed by atoms with Crippen LogP contribution in [0.4, 0.5) is 0 Å². The molecule has 0 aliphatic rings. The fourth-order valence-corrected chi connectivity index (χ4v) is 2.57. The molecule has 1 heterocycles. The molecular weight excluding hydrogens is 328 g/mol. The fourth-order valence-electron chi connectivity index (χ4n) is 2.05. The second-order valence-corrected chi connectivity index (χ2v) is 5.54. The van der Waals surface area contributed by atoms with Crippen LogP contribution < -0.4 is 5.32 Å². The maximum atomic E-state index is 6.04. The summed E-state index contributed by atoms with van der Waals surface area (Å²) in [5.41, 5.74) is 2.18. The Balaban J connectivity index is 2.38. The number of aromatic nitrogens is 3. The number of hydrogen-bond donors (Lipinski definition) is 1. The van der Waals surface area contributed by atoms with Gasteiger partial charge in [0.2, 0.25) is 0 Å². The van der Waals surface area contributed by atoms with E-state index >= 15 is 0 Å². The third-order valence-corrected chi connectivity index (χ3v) is 4.16. The lowest BCUT2D eigenvalue weighted by Gasteiger charge is -2.18. The summed E-state index contributed by atoms with van der Waals surface area (Å²) in [5, 5.41) is 12.1. The fraction of sp³-hybridized carbons (Fsp3) is 0.385. The maximum Gasteiger partial charge on any atom is 0.0801 e. The van der Waals surface area contributed by atoms with Crippen molar-refractivity contribution in [3.05, 3.63) is 45.1 Å². The number of benzene rings is 1. The number of rotatable bonds is 5. The van der Waals surface area contributed by atoms with Crippen molar-refractivity contribution >= 4 is 27.5 Å². The van der Waals surface area contributed by atoms with Gasteiger partial charge in [-0.3, -0.25) is 0 Å². The molecular formula is C13H16BrClN4. The largest absolute Gasteiger partial charge is 0.308 e. The van der Waals surface area contributed by atoms with Crippen LogP contribution in [0.15, 0.2) is 28.9 Å². The molecule has 0 saturated carbocycles. The van der Waals surface area contributed by atoms with E-state index in [9.17, 15) is 0 Å². The van der Waals surface area contributed by atoms with Gasteiger partial charge in [-0.1, -0.05) is 29.8 Å². The van der Waals surface area contributed by atoms with E-state index < -0.39 is 0 Å². The molecule has 1 N–H and O–H groups in total. The molecule has 1 aromatic carbocycles. The molecule has 2 rings (SSSR count). The Morgan fingerprint density at radius 3 is 2.89 bits per heavy atom. The molecule has 0 bridgehead atoms. The smallest absolute Gasteiger partial charge is 0.0801 e. The first-order valence-electron chi connectivity index (χ1n) is 6.18. The highest BCUT2D eigenvalue weighted by atomic mass is 79.9. The van der Waals surface area contributed by atoms with Crippen LogP contribution in [-0.4, -0.2) is 22.0 Å². The molecule has 6 heteroatoms. The summed E-state index contributed by atoms with van der Waals surface area (Å²) in [6.45, 7) is 2.99. The Morgan fingerprint density at radius 1 is 1.47 bits per heavy atom. The van der Waals surface area contributed by atoms with Crippen LogP contribution in [0.1, 0.15) is 30.6 Å². The molecule has 102 valence electrons. The predicted octanol–water partition coefficient (Wildman–Crippen LogP) is 3.41. The Bertz CT molecular complexity index is 555. The summed E-state index contributed by atoms with van der Waals surface area (Å²) in [6, 6.07) is 5.97. The zero-order valence-corrected chi connectivity index (χ0v) is 13.2. The lowest BCUT2D eigenvalue weighted by Crippen LogP contribution is -2.21. The minimum Gasteiger partial charge on any atom is -0.308 e. The number of hydrogen-bond acceptors (Lipinski definition) is 3. The highest BCUT2D eigenvalue weighted by Gasteiger charge is 2.18. The third kappa shape index (κ3) is 3.16. The van der Waals surface area contributed by atoms with E-state index in [1.165, 1.54) is 0 Å². The molecule has 1 aromatic heterocycles. The van der Waals surface area contributed by atoms with Gasteiger partial charge in [-0.15, -0.1) is 5.10 Å². The predicted molar refractivity (Wildman–Crippen MR) is 80.4 cm³/mol. The minimum atomic E-state index is 0.0510. The monoisotopic (exact) mass is 342 g/mol. The molecule has 0 spiro atoms. The Hall–Kier alpha value is -0.910. The van der Waals surface area contributed by atoms with Gasteiger partial charge in [-0.05, 0) is 47.1 Å². The molecule has 0 fully saturated rings. The van der Waals surface area contributed by atoms with E-state index in [0.717, 1.165) is 28.7 Å². The summed E-state index contributed by atoms with van der Waals surface area (Å²) < 4.78 is 2.82.